The van der Waals surface area contributed by atoms with Gasteiger partial charge < -0.3 is 5.32 Å². The van der Waals surface area contributed by atoms with Crippen LogP contribution in [0.3, 0.4) is 0 Å². The summed E-state index contributed by atoms with van der Waals surface area (Å²) in [7, 11) is 0. The number of anilines is 2. The van der Waals surface area contributed by atoms with Gasteiger partial charge >= 0.3 is 0 Å². The van der Waals surface area contributed by atoms with Crippen molar-refractivity contribution in [1.82, 2.24) is 9.97 Å². The van der Waals surface area contributed by atoms with Gasteiger partial charge in [0.25, 0.3) is 0 Å². The van der Waals surface area contributed by atoms with E-state index in [0.29, 0.717) is 11.9 Å². The van der Waals surface area contributed by atoms with E-state index in [2.05, 4.69) is 29.1 Å². The molecule has 1 atom stereocenters. The maximum Gasteiger partial charge on any atom is 0.227 e. The summed E-state index contributed by atoms with van der Waals surface area (Å²) in [6.45, 7) is 4.34. The smallest absolute Gasteiger partial charge is 0.227 e. The molecule has 1 aromatic carbocycles. The predicted octanol–water partition coefficient (Wildman–Crippen LogP) is 3.73. The first-order valence-corrected chi connectivity index (χ1v) is 5.94. The van der Waals surface area contributed by atoms with E-state index in [1.165, 1.54) is 0 Å². The largest absolute Gasteiger partial charge is 0.324 e. The Balaban J connectivity index is 2.17. The Kier molecular flexibility index (Phi) is 3.70. The quantitative estimate of drug-likeness (QED) is 0.864. The molecule has 1 aromatic heterocycles. The van der Waals surface area contributed by atoms with Crippen molar-refractivity contribution in [3.63, 3.8) is 0 Å². The number of benzene rings is 1. The van der Waals surface area contributed by atoms with Crippen molar-refractivity contribution in [3.8, 4) is 0 Å². The molecule has 0 aliphatic heterocycles. The molecule has 0 saturated carbocycles. The fourth-order valence-electron chi connectivity index (χ4n) is 1.57. The first-order chi connectivity index (χ1) is 8.29. The summed E-state index contributed by atoms with van der Waals surface area (Å²) in [5.74, 6) is 1.13. The molecule has 0 bridgehead atoms. The first-order valence-electron chi connectivity index (χ1n) is 5.94. The monoisotopic (exact) mass is 227 g/mol. The average Bonchev–Trinajstić information content (AvgIpc) is 2.39. The van der Waals surface area contributed by atoms with Gasteiger partial charge in [0.05, 0.1) is 0 Å². The van der Waals surface area contributed by atoms with Crippen LogP contribution in [0.5, 0.6) is 0 Å². The third-order valence-electron chi connectivity index (χ3n) is 2.82. The summed E-state index contributed by atoms with van der Waals surface area (Å²) in [6, 6.07) is 11.9. The van der Waals surface area contributed by atoms with Crippen LogP contribution in [0.2, 0.25) is 0 Å². The predicted molar refractivity (Wildman–Crippen MR) is 70.5 cm³/mol. The highest BCUT2D eigenvalue weighted by Gasteiger charge is 2.05. The van der Waals surface area contributed by atoms with Gasteiger partial charge in [-0.25, -0.2) is 9.97 Å². The maximum atomic E-state index is 4.52. The number of nitrogens with one attached hydrogen (secondary N) is 1. The number of para-hydroxylation sites is 1. The topological polar surface area (TPSA) is 37.8 Å². The van der Waals surface area contributed by atoms with Crippen LogP contribution in [0, 0.1) is 0 Å². The lowest BCUT2D eigenvalue weighted by Crippen LogP contribution is -2.01. The second-order valence-electron chi connectivity index (χ2n) is 4.11. The molecule has 0 saturated heterocycles. The zero-order chi connectivity index (χ0) is 12.1. The highest BCUT2D eigenvalue weighted by Crippen LogP contribution is 2.18. The fourth-order valence-corrected chi connectivity index (χ4v) is 1.57. The third-order valence-corrected chi connectivity index (χ3v) is 2.82. The average molecular weight is 227 g/mol. The molecule has 3 nitrogen and oxygen atoms in total. The molecule has 2 aromatic rings. The molecule has 3 heteroatoms. The van der Waals surface area contributed by atoms with Crippen molar-refractivity contribution in [3.05, 3.63) is 48.3 Å². The molecule has 0 amide bonds. The van der Waals surface area contributed by atoms with Crippen LogP contribution in [-0.2, 0) is 0 Å². The molecule has 0 spiro atoms. The van der Waals surface area contributed by atoms with Crippen molar-refractivity contribution >= 4 is 11.6 Å². The molecular formula is C14H17N3. The number of hydrogen-bond donors (Lipinski definition) is 1. The highest BCUT2D eigenvalue weighted by molar-refractivity contribution is 5.52. The standard InChI is InChI=1S/C14H17N3/c1-3-11(2)13-9-10-15-14(17-13)16-12-7-5-4-6-8-12/h4-11H,3H2,1-2H3,(H,15,16,17). The summed E-state index contributed by atoms with van der Waals surface area (Å²) in [6.07, 6.45) is 2.89. The van der Waals surface area contributed by atoms with Gasteiger partial charge in [0, 0.05) is 17.6 Å². The van der Waals surface area contributed by atoms with Gasteiger partial charge in [0.1, 0.15) is 0 Å². The van der Waals surface area contributed by atoms with Gasteiger partial charge in [-0.3, -0.25) is 0 Å². The van der Waals surface area contributed by atoms with Crippen LogP contribution in [-0.4, -0.2) is 9.97 Å². The molecule has 1 unspecified atom stereocenters. The van der Waals surface area contributed by atoms with Crippen molar-refractivity contribution in [1.29, 1.82) is 0 Å². The van der Waals surface area contributed by atoms with Crippen molar-refractivity contribution < 1.29 is 0 Å². The van der Waals surface area contributed by atoms with Crippen LogP contribution in [0.15, 0.2) is 42.6 Å². The van der Waals surface area contributed by atoms with Crippen LogP contribution in [0.25, 0.3) is 0 Å². The zero-order valence-corrected chi connectivity index (χ0v) is 10.2. The van der Waals surface area contributed by atoms with Crippen LogP contribution in [0.1, 0.15) is 31.9 Å². The second kappa shape index (κ2) is 5.43. The third kappa shape index (κ3) is 3.03. The zero-order valence-electron chi connectivity index (χ0n) is 10.2. The summed E-state index contributed by atoms with van der Waals surface area (Å²) < 4.78 is 0. The van der Waals surface area contributed by atoms with Crippen LogP contribution in [0.4, 0.5) is 11.6 Å². The summed E-state index contributed by atoms with van der Waals surface area (Å²) in [5, 5.41) is 3.20. The molecule has 2 rings (SSSR count). The minimum atomic E-state index is 0.467. The maximum absolute atomic E-state index is 4.52. The van der Waals surface area contributed by atoms with Crippen LogP contribution >= 0.6 is 0 Å². The van der Waals surface area contributed by atoms with E-state index >= 15 is 0 Å². The number of nitrogens with zero attached hydrogens (tertiary/aromatic N) is 2. The normalized spacial score (nSPS) is 12.1. The minimum Gasteiger partial charge on any atom is -0.324 e. The first kappa shape index (κ1) is 11.6. The van der Waals surface area contributed by atoms with E-state index in [-0.39, 0.29) is 0 Å². The molecule has 17 heavy (non-hydrogen) atoms. The molecule has 0 fully saturated rings. The summed E-state index contributed by atoms with van der Waals surface area (Å²) in [4.78, 5) is 8.75. The van der Waals surface area contributed by atoms with Gasteiger partial charge in [0.15, 0.2) is 0 Å². The Morgan fingerprint density at radius 3 is 2.65 bits per heavy atom. The van der Waals surface area contributed by atoms with Crippen molar-refractivity contribution in [2.24, 2.45) is 0 Å². The molecular weight excluding hydrogens is 210 g/mol. The molecule has 0 aliphatic carbocycles. The highest BCUT2D eigenvalue weighted by atomic mass is 15.1. The Labute approximate surface area is 102 Å². The van der Waals surface area contributed by atoms with Crippen molar-refractivity contribution in [2.75, 3.05) is 5.32 Å². The Morgan fingerprint density at radius 2 is 1.94 bits per heavy atom. The molecule has 0 radical (unpaired) electrons. The van der Waals surface area contributed by atoms with E-state index in [9.17, 15) is 0 Å². The van der Waals surface area contributed by atoms with E-state index < -0.39 is 0 Å². The minimum absolute atomic E-state index is 0.467. The molecule has 1 heterocycles. The molecule has 88 valence electrons. The Hall–Kier alpha value is -1.90. The van der Waals surface area contributed by atoms with Gasteiger partial charge in [-0.15, -0.1) is 0 Å². The van der Waals surface area contributed by atoms with Gasteiger partial charge in [-0.1, -0.05) is 32.0 Å². The van der Waals surface area contributed by atoms with Gasteiger partial charge in [-0.2, -0.15) is 0 Å². The van der Waals surface area contributed by atoms with E-state index in [1.807, 2.05) is 36.4 Å². The number of aromatic nitrogens is 2. The SMILES string of the molecule is CCC(C)c1ccnc(Nc2ccccc2)n1. The second-order valence-corrected chi connectivity index (χ2v) is 4.11. The summed E-state index contributed by atoms with van der Waals surface area (Å²) in [5.41, 5.74) is 2.09. The van der Waals surface area contributed by atoms with Gasteiger partial charge in [-0.05, 0) is 30.5 Å². The van der Waals surface area contributed by atoms with Crippen LogP contribution < -0.4 is 5.32 Å². The lowest BCUT2D eigenvalue weighted by molar-refractivity contribution is 0.706. The Morgan fingerprint density at radius 1 is 1.18 bits per heavy atom. The number of rotatable bonds is 4. The molecule has 1 N–H and O–H groups in total. The van der Waals surface area contributed by atoms with Gasteiger partial charge in [0.2, 0.25) is 5.95 Å². The fraction of sp³-hybridized carbons (Fsp3) is 0.286. The lowest BCUT2D eigenvalue weighted by atomic mass is 10.1. The summed E-state index contributed by atoms with van der Waals surface area (Å²) >= 11 is 0. The van der Waals surface area contributed by atoms with Crippen molar-refractivity contribution in [2.45, 2.75) is 26.2 Å². The Bertz CT molecular complexity index is 468. The molecule has 0 aliphatic rings. The lowest BCUT2D eigenvalue weighted by Gasteiger charge is -2.10. The van der Waals surface area contributed by atoms with E-state index in [4.69, 9.17) is 0 Å². The van der Waals surface area contributed by atoms with E-state index in [0.717, 1.165) is 17.8 Å². The van der Waals surface area contributed by atoms with E-state index in [1.54, 1.807) is 6.20 Å². The number of hydrogen-bond acceptors (Lipinski definition) is 3.